The second-order valence-electron chi connectivity index (χ2n) is 4.51. The number of carbonyl (C=O) groups is 1. The Kier molecular flexibility index (Phi) is 6.14. The van der Waals surface area contributed by atoms with Crippen LogP contribution in [0.25, 0.3) is 0 Å². The fraction of sp³-hybridized carbons (Fsp3) is 0.267. The summed E-state index contributed by atoms with van der Waals surface area (Å²) in [5, 5.41) is 0.413. The molecule has 0 atom stereocenters. The molecule has 0 aliphatic heterocycles. The Morgan fingerprint density at radius 1 is 1.22 bits per heavy atom. The lowest BCUT2D eigenvalue weighted by molar-refractivity contribution is -0.138. The number of ether oxygens (including phenoxy) is 1. The minimum absolute atomic E-state index is 0.0914. The zero-order chi connectivity index (χ0) is 17.7. The van der Waals surface area contributed by atoms with Gasteiger partial charge in [-0.15, -0.1) is 0 Å². The van der Waals surface area contributed by atoms with Crippen molar-refractivity contribution < 1.29 is 31.1 Å². The molecule has 1 rings (SSSR count). The molecule has 0 amide bonds. The van der Waals surface area contributed by atoms with Crippen molar-refractivity contribution in [2.75, 3.05) is 6.61 Å². The van der Waals surface area contributed by atoms with Crippen LogP contribution in [0.5, 0.6) is 0 Å². The standard InChI is InChI=1S/C15H15F3O4S/c1-3-22-14(19)10-12(15(16,17)18)8-9-23(20,21)13-6-4-11(2)5-7-13/h4-10H,3H2,1-2H3/b9-8+,12-10+. The van der Waals surface area contributed by atoms with Crippen LogP contribution < -0.4 is 0 Å². The minimum Gasteiger partial charge on any atom is -0.463 e. The first-order valence-corrected chi connectivity index (χ1v) is 8.06. The zero-order valence-electron chi connectivity index (χ0n) is 12.4. The lowest BCUT2D eigenvalue weighted by Crippen LogP contribution is -2.13. The third kappa shape index (κ3) is 5.90. The number of carbonyl (C=O) groups excluding carboxylic acids is 1. The van der Waals surface area contributed by atoms with Gasteiger partial charge >= 0.3 is 12.1 Å². The summed E-state index contributed by atoms with van der Waals surface area (Å²) in [6, 6.07) is 5.63. The molecule has 126 valence electrons. The van der Waals surface area contributed by atoms with Crippen molar-refractivity contribution in [1.82, 2.24) is 0 Å². The first-order chi connectivity index (χ1) is 10.6. The second kappa shape index (κ2) is 7.45. The number of halogens is 3. The fourth-order valence-corrected chi connectivity index (χ4v) is 2.50. The van der Waals surface area contributed by atoms with Crippen LogP contribution in [0, 0.1) is 6.92 Å². The number of benzene rings is 1. The van der Waals surface area contributed by atoms with E-state index in [1.165, 1.54) is 31.2 Å². The maximum atomic E-state index is 12.8. The molecule has 0 heterocycles. The molecule has 0 unspecified atom stereocenters. The predicted octanol–water partition coefficient (Wildman–Crippen LogP) is 3.33. The molecule has 0 bridgehead atoms. The van der Waals surface area contributed by atoms with Crippen LogP contribution in [0.2, 0.25) is 0 Å². The summed E-state index contributed by atoms with van der Waals surface area (Å²) in [6.45, 7) is 3.10. The summed E-state index contributed by atoms with van der Waals surface area (Å²) in [5.74, 6) is -1.20. The Balaban J connectivity index is 3.14. The molecular weight excluding hydrogens is 333 g/mol. The van der Waals surface area contributed by atoms with Crippen molar-refractivity contribution in [3.8, 4) is 0 Å². The summed E-state index contributed by atoms with van der Waals surface area (Å²) in [4.78, 5) is 11.0. The van der Waals surface area contributed by atoms with Crippen LogP contribution in [0.3, 0.4) is 0 Å². The summed E-state index contributed by atoms with van der Waals surface area (Å²) < 4.78 is 66.9. The van der Waals surface area contributed by atoms with Crippen LogP contribution in [-0.2, 0) is 19.4 Å². The third-order valence-electron chi connectivity index (χ3n) is 2.66. The van der Waals surface area contributed by atoms with Gasteiger partial charge in [0, 0.05) is 11.5 Å². The van der Waals surface area contributed by atoms with Crippen LogP contribution in [0.15, 0.2) is 52.3 Å². The van der Waals surface area contributed by atoms with E-state index in [0.29, 0.717) is 11.5 Å². The number of aryl methyl sites for hydroxylation is 1. The van der Waals surface area contributed by atoms with E-state index in [0.717, 1.165) is 5.56 Å². The van der Waals surface area contributed by atoms with E-state index < -0.39 is 27.6 Å². The van der Waals surface area contributed by atoms with Gasteiger partial charge in [0.15, 0.2) is 9.84 Å². The molecule has 1 aromatic carbocycles. The van der Waals surface area contributed by atoms with Crippen molar-refractivity contribution in [3.63, 3.8) is 0 Å². The molecule has 8 heteroatoms. The largest absolute Gasteiger partial charge is 0.463 e. The Morgan fingerprint density at radius 3 is 2.26 bits per heavy atom. The molecule has 0 aliphatic rings. The number of alkyl halides is 3. The third-order valence-corrected chi connectivity index (χ3v) is 4.09. The molecule has 4 nitrogen and oxygen atoms in total. The molecule has 0 saturated heterocycles. The van der Waals surface area contributed by atoms with Gasteiger partial charge in [0.05, 0.1) is 17.1 Å². The second-order valence-corrected chi connectivity index (χ2v) is 6.34. The summed E-state index contributed by atoms with van der Waals surface area (Å²) in [5.41, 5.74) is -0.599. The maximum Gasteiger partial charge on any atom is 0.416 e. The van der Waals surface area contributed by atoms with Gasteiger partial charge in [-0.05, 0) is 32.1 Å². The van der Waals surface area contributed by atoms with Gasteiger partial charge in [-0.3, -0.25) is 0 Å². The molecular formula is C15H15F3O4S. The SMILES string of the molecule is CCOC(=O)/C=C(\C=C\S(=O)(=O)c1ccc(C)cc1)C(F)(F)F. The van der Waals surface area contributed by atoms with Crippen molar-refractivity contribution in [2.24, 2.45) is 0 Å². The van der Waals surface area contributed by atoms with Crippen molar-refractivity contribution >= 4 is 15.8 Å². The van der Waals surface area contributed by atoms with Gasteiger partial charge in [0.1, 0.15) is 0 Å². The van der Waals surface area contributed by atoms with Crippen LogP contribution in [0.4, 0.5) is 13.2 Å². The Morgan fingerprint density at radius 2 is 1.78 bits per heavy atom. The maximum absolute atomic E-state index is 12.8. The highest BCUT2D eigenvalue weighted by atomic mass is 32.2. The number of esters is 1. The van der Waals surface area contributed by atoms with E-state index in [1.54, 1.807) is 6.92 Å². The number of hydrogen-bond donors (Lipinski definition) is 0. The van der Waals surface area contributed by atoms with Gasteiger partial charge in [-0.25, -0.2) is 13.2 Å². The highest BCUT2D eigenvalue weighted by Gasteiger charge is 2.33. The van der Waals surface area contributed by atoms with E-state index in [2.05, 4.69) is 4.74 Å². The van der Waals surface area contributed by atoms with Crippen LogP contribution >= 0.6 is 0 Å². The van der Waals surface area contributed by atoms with E-state index in [-0.39, 0.29) is 17.6 Å². The normalized spacial score (nSPS) is 13.3. The molecule has 0 aliphatic carbocycles. The first kappa shape index (κ1) is 19.0. The fourth-order valence-electron chi connectivity index (χ4n) is 1.50. The van der Waals surface area contributed by atoms with Crippen molar-refractivity contribution in [1.29, 1.82) is 0 Å². The van der Waals surface area contributed by atoms with Crippen LogP contribution in [0.1, 0.15) is 12.5 Å². The Bertz CT molecular complexity index is 714. The average molecular weight is 348 g/mol. The monoisotopic (exact) mass is 348 g/mol. The lowest BCUT2D eigenvalue weighted by Gasteiger charge is -2.07. The van der Waals surface area contributed by atoms with Gasteiger partial charge < -0.3 is 4.74 Å². The molecule has 1 aromatic rings. The quantitative estimate of drug-likeness (QED) is 0.465. The highest BCUT2D eigenvalue weighted by Crippen LogP contribution is 2.27. The number of hydrogen-bond acceptors (Lipinski definition) is 4. The highest BCUT2D eigenvalue weighted by molar-refractivity contribution is 7.94. The Labute approximate surface area is 132 Å². The van der Waals surface area contributed by atoms with E-state index in [9.17, 15) is 26.4 Å². The van der Waals surface area contributed by atoms with E-state index >= 15 is 0 Å². The van der Waals surface area contributed by atoms with Gasteiger partial charge in [-0.2, -0.15) is 13.2 Å². The van der Waals surface area contributed by atoms with Crippen molar-refractivity contribution in [3.05, 3.63) is 53.0 Å². The molecule has 0 fully saturated rings. The number of allylic oxidation sites excluding steroid dienone is 2. The lowest BCUT2D eigenvalue weighted by atomic mass is 10.2. The zero-order valence-corrected chi connectivity index (χ0v) is 13.2. The minimum atomic E-state index is -4.88. The Hall–Kier alpha value is -2.09. The number of sulfone groups is 1. The molecule has 0 aromatic heterocycles. The van der Waals surface area contributed by atoms with Gasteiger partial charge in [0.25, 0.3) is 0 Å². The van der Waals surface area contributed by atoms with Crippen molar-refractivity contribution in [2.45, 2.75) is 24.9 Å². The summed E-state index contributed by atoms with van der Waals surface area (Å²) in [7, 11) is -4.05. The molecule has 23 heavy (non-hydrogen) atoms. The van der Waals surface area contributed by atoms with Crippen LogP contribution in [-0.4, -0.2) is 27.2 Å². The summed E-state index contributed by atoms with van der Waals surface area (Å²) in [6.07, 6.45) is -4.33. The van der Waals surface area contributed by atoms with E-state index in [1.807, 2.05) is 0 Å². The first-order valence-electron chi connectivity index (χ1n) is 6.51. The summed E-state index contributed by atoms with van der Waals surface area (Å²) >= 11 is 0. The number of rotatable bonds is 5. The topological polar surface area (TPSA) is 60.4 Å². The smallest absolute Gasteiger partial charge is 0.416 e. The molecule has 0 saturated carbocycles. The van der Waals surface area contributed by atoms with E-state index in [4.69, 9.17) is 0 Å². The van der Waals surface area contributed by atoms with Gasteiger partial charge in [0.2, 0.25) is 0 Å². The molecule has 0 radical (unpaired) electrons. The molecule has 0 N–H and O–H groups in total. The predicted molar refractivity (Wildman–Crippen MR) is 78.3 cm³/mol. The average Bonchev–Trinajstić information content (AvgIpc) is 2.43. The van der Waals surface area contributed by atoms with Gasteiger partial charge in [-0.1, -0.05) is 17.7 Å². The molecule has 0 spiro atoms.